The van der Waals surface area contributed by atoms with Crippen LogP contribution in [-0.4, -0.2) is 7.11 Å². The standard InChI is InChI=1S/C20H23N.C6H12O.C2H6/c1-6-9-16-10-7-8-11-18(16)21-19-15(3)12-14(2)13-17(19)20(21,4)5;1-4-5-6(2)7-3;1-2/h6-13H,1-5H3;5H,4H2,1-3H3;1-2H3/b9-6-;6-5-;. The molecule has 1 aliphatic heterocycles. The van der Waals surface area contributed by atoms with Gasteiger partial charge in [-0.05, 0) is 71.2 Å². The fourth-order valence-electron chi connectivity index (χ4n) is 3.87. The summed E-state index contributed by atoms with van der Waals surface area (Å²) in [5.41, 5.74) is 8.15. The van der Waals surface area contributed by atoms with Gasteiger partial charge in [0.05, 0.1) is 24.1 Å². The SMILES string of the molecule is C/C=C\c1ccccc1N1c2c(C)cc(C)cc2C1(C)C.CC.CC/C=C(/C)OC. The average Bonchev–Trinajstić information content (AvgIpc) is 2.73. The van der Waals surface area contributed by atoms with Crippen molar-refractivity contribution in [2.45, 2.75) is 74.3 Å². The van der Waals surface area contributed by atoms with Crippen LogP contribution < -0.4 is 4.90 Å². The highest BCUT2D eigenvalue weighted by Gasteiger charge is 2.44. The van der Waals surface area contributed by atoms with Gasteiger partial charge in [0.2, 0.25) is 0 Å². The summed E-state index contributed by atoms with van der Waals surface area (Å²) in [5, 5.41) is 0. The minimum atomic E-state index is 0.0454. The van der Waals surface area contributed by atoms with Gasteiger partial charge in [-0.15, -0.1) is 0 Å². The summed E-state index contributed by atoms with van der Waals surface area (Å²) in [5.74, 6) is 1.00. The van der Waals surface area contributed by atoms with E-state index >= 15 is 0 Å². The van der Waals surface area contributed by atoms with Gasteiger partial charge in [0.15, 0.2) is 0 Å². The Morgan fingerprint density at radius 1 is 1.10 bits per heavy atom. The molecule has 1 heterocycles. The van der Waals surface area contributed by atoms with Gasteiger partial charge < -0.3 is 9.64 Å². The number of hydrogen-bond acceptors (Lipinski definition) is 2. The minimum Gasteiger partial charge on any atom is -0.502 e. The second kappa shape index (κ2) is 11.6. The molecule has 2 heteroatoms. The Labute approximate surface area is 185 Å². The average molecular weight is 408 g/mol. The monoisotopic (exact) mass is 407 g/mol. The number of para-hydroxylation sites is 1. The predicted octanol–water partition coefficient (Wildman–Crippen LogP) is 8.70. The molecule has 0 radical (unpaired) electrons. The van der Waals surface area contributed by atoms with Crippen molar-refractivity contribution in [2.24, 2.45) is 0 Å². The second-order valence-electron chi connectivity index (χ2n) is 7.86. The van der Waals surface area contributed by atoms with Gasteiger partial charge in [-0.1, -0.05) is 68.8 Å². The molecule has 2 aromatic carbocycles. The maximum Gasteiger partial charge on any atom is 0.0884 e. The van der Waals surface area contributed by atoms with Crippen LogP contribution in [0, 0.1) is 13.8 Å². The topological polar surface area (TPSA) is 12.5 Å². The Bertz CT molecular complexity index is 874. The van der Waals surface area contributed by atoms with Crippen LogP contribution in [0.1, 0.15) is 77.1 Å². The molecule has 0 atom stereocenters. The number of rotatable bonds is 4. The molecule has 1 aliphatic rings. The van der Waals surface area contributed by atoms with Crippen molar-refractivity contribution in [1.82, 2.24) is 0 Å². The van der Waals surface area contributed by atoms with Gasteiger partial charge in [0.1, 0.15) is 0 Å². The second-order valence-corrected chi connectivity index (χ2v) is 7.86. The van der Waals surface area contributed by atoms with E-state index in [-0.39, 0.29) is 5.54 Å². The summed E-state index contributed by atoms with van der Waals surface area (Å²) in [4.78, 5) is 2.48. The van der Waals surface area contributed by atoms with Crippen LogP contribution in [0.4, 0.5) is 11.4 Å². The third-order valence-electron chi connectivity index (χ3n) is 5.22. The summed E-state index contributed by atoms with van der Waals surface area (Å²) in [6.45, 7) is 19.1. The lowest BCUT2D eigenvalue weighted by atomic mass is 9.78. The van der Waals surface area contributed by atoms with E-state index in [9.17, 15) is 0 Å². The number of hydrogen-bond donors (Lipinski definition) is 0. The van der Waals surface area contributed by atoms with Crippen LogP contribution in [0.3, 0.4) is 0 Å². The molecule has 0 amide bonds. The molecular formula is C28H41NO. The molecule has 0 unspecified atom stereocenters. The summed E-state index contributed by atoms with van der Waals surface area (Å²) < 4.78 is 4.85. The number of ether oxygens (including phenoxy) is 1. The highest BCUT2D eigenvalue weighted by Crippen LogP contribution is 2.54. The smallest absolute Gasteiger partial charge is 0.0884 e. The first-order chi connectivity index (χ1) is 14.3. The Hall–Kier alpha value is -2.48. The first kappa shape index (κ1) is 25.6. The van der Waals surface area contributed by atoms with Crippen molar-refractivity contribution in [2.75, 3.05) is 12.0 Å². The van der Waals surface area contributed by atoms with Gasteiger partial charge in [-0.2, -0.15) is 0 Å². The van der Waals surface area contributed by atoms with Crippen LogP contribution >= 0.6 is 0 Å². The van der Waals surface area contributed by atoms with E-state index in [2.05, 4.69) is 95.0 Å². The molecular weight excluding hydrogens is 366 g/mol. The molecule has 2 nitrogen and oxygen atoms in total. The molecule has 0 aromatic heterocycles. The lowest BCUT2D eigenvalue weighted by molar-refractivity contribution is 0.292. The quantitative estimate of drug-likeness (QED) is 0.470. The van der Waals surface area contributed by atoms with Crippen LogP contribution in [-0.2, 0) is 10.3 Å². The van der Waals surface area contributed by atoms with Gasteiger partial charge in [0, 0.05) is 11.3 Å². The number of benzene rings is 2. The van der Waals surface area contributed by atoms with Crippen molar-refractivity contribution in [1.29, 1.82) is 0 Å². The summed E-state index contributed by atoms with van der Waals surface area (Å²) in [6, 6.07) is 13.2. The number of allylic oxidation sites excluding steroid dienone is 3. The van der Waals surface area contributed by atoms with Crippen molar-refractivity contribution in [3.8, 4) is 0 Å². The molecule has 164 valence electrons. The maximum absolute atomic E-state index is 4.85. The van der Waals surface area contributed by atoms with Gasteiger partial charge in [-0.3, -0.25) is 0 Å². The maximum atomic E-state index is 4.85. The van der Waals surface area contributed by atoms with E-state index in [1.165, 1.54) is 33.6 Å². The highest BCUT2D eigenvalue weighted by molar-refractivity contribution is 5.85. The van der Waals surface area contributed by atoms with Crippen LogP contribution in [0.25, 0.3) is 6.08 Å². The predicted molar refractivity (Wildman–Crippen MR) is 135 cm³/mol. The largest absolute Gasteiger partial charge is 0.502 e. The first-order valence-corrected chi connectivity index (χ1v) is 11.1. The Kier molecular flexibility index (Phi) is 9.92. The first-order valence-electron chi connectivity index (χ1n) is 11.1. The molecule has 3 rings (SSSR count). The number of fused-ring (bicyclic) bond motifs is 1. The molecule has 0 saturated heterocycles. The van der Waals surface area contributed by atoms with Gasteiger partial charge in [0.25, 0.3) is 0 Å². The fourth-order valence-corrected chi connectivity index (χ4v) is 3.87. The van der Waals surface area contributed by atoms with Gasteiger partial charge >= 0.3 is 0 Å². The molecule has 0 aliphatic carbocycles. The normalized spacial score (nSPS) is 14.1. The molecule has 30 heavy (non-hydrogen) atoms. The zero-order valence-electron chi connectivity index (χ0n) is 20.8. The van der Waals surface area contributed by atoms with E-state index in [0.29, 0.717) is 0 Å². The minimum absolute atomic E-state index is 0.0454. The van der Waals surface area contributed by atoms with Crippen molar-refractivity contribution in [3.05, 3.63) is 76.6 Å². The molecule has 0 saturated carbocycles. The van der Waals surface area contributed by atoms with E-state index in [4.69, 9.17) is 4.74 Å². The fraction of sp³-hybridized carbons (Fsp3) is 0.429. The van der Waals surface area contributed by atoms with E-state index in [1.807, 2.05) is 26.8 Å². The number of aryl methyl sites for hydroxylation is 2. The Morgan fingerprint density at radius 3 is 2.27 bits per heavy atom. The summed E-state index contributed by atoms with van der Waals surface area (Å²) in [6.07, 6.45) is 7.39. The van der Waals surface area contributed by atoms with E-state index < -0.39 is 0 Å². The third-order valence-corrected chi connectivity index (χ3v) is 5.22. The molecule has 0 bridgehead atoms. The zero-order valence-corrected chi connectivity index (χ0v) is 20.8. The summed E-state index contributed by atoms with van der Waals surface area (Å²) >= 11 is 0. The number of methoxy groups -OCH3 is 1. The molecule has 2 aromatic rings. The molecule has 0 spiro atoms. The van der Waals surface area contributed by atoms with Gasteiger partial charge in [-0.25, -0.2) is 0 Å². The number of nitrogens with zero attached hydrogens (tertiary/aromatic N) is 1. The van der Waals surface area contributed by atoms with Crippen molar-refractivity contribution in [3.63, 3.8) is 0 Å². The highest BCUT2D eigenvalue weighted by atomic mass is 16.5. The Morgan fingerprint density at radius 2 is 1.73 bits per heavy atom. The van der Waals surface area contributed by atoms with E-state index in [1.54, 1.807) is 7.11 Å². The van der Waals surface area contributed by atoms with Crippen LogP contribution in [0.5, 0.6) is 0 Å². The van der Waals surface area contributed by atoms with Crippen LogP contribution in [0.2, 0.25) is 0 Å². The number of anilines is 2. The molecule has 0 N–H and O–H groups in total. The summed E-state index contributed by atoms with van der Waals surface area (Å²) in [7, 11) is 1.68. The Balaban J connectivity index is 0.000000428. The lowest BCUT2D eigenvalue weighted by Crippen LogP contribution is -2.48. The van der Waals surface area contributed by atoms with Crippen molar-refractivity contribution >= 4 is 17.5 Å². The lowest BCUT2D eigenvalue weighted by Gasteiger charge is -2.53. The third kappa shape index (κ3) is 5.56. The zero-order chi connectivity index (χ0) is 22.9. The van der Waals surface area contributed by atoms with E-state index in [0.717, 1.165) is 12.2 Å². The van der Waals surface area contributed by atoms with Crippen LogP contribution in [0.15, 0.2) is 54.3 Å². The van der Waals surface area contributed by atoms with Crippen molar-refractivity contribution < 1.29 is 4.74 Å². The molecule has 0 fully saturated rings.